The number of carbonyl (C=O) groups is 2. The minimum Gasteiger partial charge on any atom is -0.374 e. The van der Waals surface area contributed by atoms with Gasteiger partial charge < -0.3 is 18.6 Å². The molecule has 0 radical (unpaired) electrons. The SMILES string of the molecule is CCO[Si](CCCNC(=O)CC(C)=O)(OCC)OCC. The molecule has 118 valence electrons. The third kappa shape index (κ3) is 8.42. The molecule has 0 aliphatic rings. The molecule has 0 aromatic carbocycles. The highest BCUT2D eigenvalue weighted by Crippen LogP contribution is 2.17. The number of hydrogen-bond acceptors (Lipinski definition) is 5. The molecule has 0 aliphatic heterocycles. The number of hydrogen-bond donors (Lipinski definition) is 1. The first-order chi connectivity index (χ1) is 9.49. The van der Waals surface area contributed by atoms with Gasteiger partial charge in [-0.15, -0.1) is 0 Å². The van der Waals surface area contributed by atoms with Gasteiger partial charge in [0.1, 0.15) is 5.78 Å². The van der Waals surface area contributed by atoms with Gasteiger partial charge in [-0.25, -0.2) is 0 Å². The third-order valence-electron chi connectivity index (χ3n) is 2.48. The van der Waals surface area contributed by atoms with E-state index in [0.717, 1.165) is 0 Å². The molecule has 0 aromatic heterocycles. The van der Waals surface area contributed by atoms with E-state index in [0.29, 0.717) is 38.8 Å². The van der Waals surface area contributed by atoms with Crippen molar-refractivity contribution in [1.29, 1.82) is 0 Å². The molecule has 6 nitrogen and oxygen atoms in total. The lowest BCUT2D eigenvalue weighted by atomic mass is 10.3. The second-order valence-electron chi connectivity index (χ2n) is 4.31. The van der Waals surface area contributed by atoms with E-state index in [1.54, 1.807) is 0 Å². The fourth-order valence-electron chi connectivity index (χ4n) is 1.82. The molecule has 0 saturated carbocycles. The molecule has 0 saturated heterocycles. The van der Waals surface area contributed by atoms with Crippen LogP contribution in [-0.4, -0.2) is 46.9 Å². The fraction of sp³-hybridized carbons (Fsp3) is 0.846. The summed E-state index contributed by atoms with van der Waals surface area (Å²) < 4.78 is 17.1. The summed E-state index contributed by atoms with van der Waals surface area (Å²) in [6, 6.07) is 0.656. The van der Waals surface area contributed by atoms with Crippen LogP contribution in [0.4, 0.5) is 0 Å². The van der Waals surface area contributed by atoms with Gasteiger partial charge >= 0.3 is 8.80 Å². The van der Waals surface area contributed by atoms with Gasteiger partial charge in [-0.3, -0.25) is 9.59 Å². The summed E-state index contributed by atoms with van der Waals surface area (Å²) in [4.78, 5) is 22.1. The molecule has 0 unspecified atom stereocenters. The molecule has 1 amide bonds. The molecule has 0 spiro atoms. The Balaban J connectivity index is 4.18. The van der Waals surface area contributed by atoms with Crippen molar-refractivity contribution in [1.82, 2.24) is 5.32 Å². The number of ketones is 1. The number of Topliss-reactive ketones (excluding diaryl/α,β-unsaturated/α-hetero) is 1. The summed E-state index contributed by atoms with van der Waals surface area (Å²) in [5.41, 5.74) is 0. The Bertz CT molecular complexity index is 281. The Morgan fingerprint density at radius 2 is 1.50 bits per heavy atom. The summed E-state index contributed by atoms with van der Waals surface area (Å²) in [7, 11) is -2.62. The molecular weight excluding hydrogens is 278 g/mol. The zero-order chi connectivity index (χ0) is 15.4. The van der Waals surface area contributed by atoms with E-state index in [4.69, 9.17) is 13.3 Å². The van der Waals surface area contributed by atoms with Crippen LogP contribution in [0.5, 0.6) is 0 Å². The molecule has 0 bridgehead atoms. The lowest BCUT2D eigenvalue weighted by Crippen LogP contribution is -2.46. The van der Waals surface area contributed by atoms with Crippen LogP contribution in [0.15, 0.2) is 0 Å². The van der Waals surface area contributed by atoms with Crippen LogP contribution >= 0.6 is 0 Å². The molecule has 20 heavy (non-hydrogen) atoms. The topological polar surface area (TPSA) is 73.9 Å². The van der Waals surface area contributed by atoms with Gasteiger partial charge in [-0.1, -0.05) is 0 Å². The molecule has 0 rings (SSSR count). The molecule has 0 heterocycles. The Kier molecular flexibility index (Phi) is 10.5. The minimum atomic E-state index is -2.62. The van der Waals surface area contributed by atoms with E-state index >= 15 is 0 Å². The molecule has 0 fully saturated rings. The number of rotatable bonds is 12. The second kappa shape index (κ2) is 11.0. The minimum absolute atomic E-state index is 0.0645. The van der Waals surface area contributed by atoms with Gasteiger partial charge in [0.25, 0.3) is 0 Å². The maximum absolute atomic E-state index is 11.3. The predicted octanol–water partition coefficient (Wildman–Crippen LogP) is 1.52. The molecule has 0 aromatic rings. The highest BCUT2D eigenvalue weighted by atomic mass is 28.4. The Labute approximate surface area is 122 Å². The van der Waals surface area contributed by atoms with Crippen molar-refractivity contribution < 1.29 is 22.9 Å². The van der Waals surface area contributed by atoms with Crippen LogP contribution in [0.1, 0.15) is 40.5 Å². The fourth-order valence-corrected chi connectivity index (χ4v) is 4.43. The largest absolute Gasteiger partial charge is 0.500 e. The summed E-state index contributed by atoms with van der Waals surface area (Å²) in [6.07, 6.45) is 0.640. The molecule has 0 atom stereocenters. The lowest BCUT2D eigenvalue weighted by Gasteiger charge is -2.28. The van der Waals surface area contributed by atoms with E-state index in [2.05, 4.69) is 5.32 Å². The monoisotopic (exact) mass is 305 g/mol. The van der Waals surface area contributed by atoms with Gasteiger partial charge in [0.2, 0.25) is 5.91 Å². The highest BCUT2D eigenvalue weighted by molar-refractivity contribution is 6.60. The van der Waals surface area contributed by atoms with Crippen molar-refractivity contribution in [3.8, 4) is 0 Å². The Morgan fingerprint density at radius 3 is 1.90 bits per heavy atom. The number of amides is 1. The standard InChI is InChI=1S/C13H27NO5Si/c1-5-17-20(18-6-2,19-7-3)10-8-9-14-13(16)11-12(4)15/h5-11H2,1-4H3,(H,14,16). The van der Waals surface area contributed by atoms with Gasteiger partial charge in [0.15, 0.2) is 0 Å². The van der Waals surface area contributed by atoms with E-state index < -0.39 is 8.80 Å². The highest BCUT2D eigenvalue weighted by Gasteiger charge is 2.39. The van der Waals surface area contributed by atoms with Gasteiger partial charge in [0.05, 0.1) is 6.42 Å². The maximum atomic E-state index is 11.3. The van der Waals surface area contributed by atoms with Crippen LogP contribution in [-0.2, 0) is 22.9 Å². The summed E-state index contributed by atoms with van der Waals surface area (Å²) in [5, 5.41) is 2.71. The maximum Gasteiger partial charge on any atom is 0.500 e. The lowest BCUT2D eigenvalue weighted by molar-refractivity contribution is -0.127. The van der Waals surface area contributed by atoms with Crippen molar-refractivity contribution >= 4 is 20.5 Å². The van der Waals surface area contributed by atoms with Crippen LogP contribution in [0.25, 0.3) is 0 Å². The quantitative estimate of drug-likeness (QED) is 0.336. The van der Waals surface area contributed by atoms with Gasteiger partial charge in [-0.05, 0) is 34.1 Å². The molecule has 0 aliphatic carbocycles. The molecule has 7 heteroatoms. The van der Waals surface area contributed by atoms with Crippen LogP contribution in [0.2, 0.25) is 6.04 Å². The van der Waals surface area contributed by atoms with E-state index in [-0.39, 0.29) is 18.1 Å². The molecular formula is C13H27NO5Si. The van der Waals surface area contributed by atoms with Crippen molar-refractivity contribution in [2.24, 2.45) is 0 Å². The van der Waals surface area contributed by atoms with Crippen molar-refractivity contribution in [2.45, 2.75) is 46.6 Å². The summed E-state index contributed by atoms with van der Waals surface area (Å²) >= 11 is 0. The zero-order valence-corrected chi connectivity index (χ0v) is 14.0. The average Bonchev–Trinajstić information content (AvgIpc) is 2.35. The van der Waals surface area contributed by atoms with Gasteiger partial charge in [-0.2, -0.15) is 0 Å². The predicted molar refractivity (Wildman–Crippen MR) is 78.4 cm³/mol. The number of nitrogens with one attached hydrogen (secondary N) is 1. The van der Waals surface area contributed by atoms with Crippen LogP contribution < -0.4 is 5.32 Å². The summed E-state index contributed by atoms with van der Waals surface area (Å²) in [5.74, 6) is -0.377. The second-order valence-corrected chi connectivity index (χ2v) is 7.05. The normalized spacial score (nSPS) is 11.4. The molecule has 1 N–H and O–H groups in total. The van der Waals surface area contributed by atoms with Crippen molar-refractivity contribution in [3.05, 3.63) is 0 Å². The first-order valence-corrected chi connectivity index (χ1v) is 9.10. The summed E-state index contributed by atoms with van der Waals surface area (Å²) in [6.45, 7) is 9.26. The smallest absolute Gasteiger partial charge is 0.374 e. The first-order valence-electron chi connectivity index (χ1n) is 7.17. The Morgan fingerprint density at radius 1 is 1.00 bits per heavy atom. The van der Waals surface area contributed by atoms with E-state index in [9.17, 15) is 9.59 Å². The van der Waals surface area contributed by atoms with Crippen molar-refractivity contribution in [3.63, 3.8) is 0 Å². The van der Waals surface area contributed by atoms with Crippen LogP contribution in [0.3, 0.4) is 0 Å². The van der Waals surface area contributed by atoms with E-state index in [1.165, 1.54) is 6.92 Å². The first kappa shape index (κ1) is 19.2. The van der Waals surface area contributed by atoms with Crippen molar-refractivity contribution in [2.75, 3.05) is 26.4 Å². The van der Waals surface area contributed by atoms with E-state index in [1.807, 2.05) is 20.8 Å². The number of carbonyl (C=O) groups excluding carboxylic acids is 2. The average molecular weight is 305 g/mol. The van der Waals surface area contributed by atoms with Crippen LogP contribution in [0, 0.1) is 0 Å². The third-order valence-corrected chi connectivity index (χ3v) is 5.64. The Hall–Kier alpha value is -0.763. The zero-order valence-electron chi connectivity index (χ0n) is 13.0. The van der Waals surface area contributed by atoms with Gasteiger partial charge in [0, 0.05) is 32.4 Å².